The van der Waals surface area contributed by atoms with Crippen LogP contribution in [0.15, 0.2) is 59.7 Å². The third kappa shape index (κ3) is 3.38. The van der Waals surface area contributed by atoms with Gasteiger partial charge in [0.25, 0.3) is 5.56 Å². The number of aromatic nitrogens is 4. The zero-order valence-electron chi connectivity index (χ0n) is 15.7. The molecular formula is C21H21N5O2. The van der Waals surface area contributed by atoms with Crippen molar-refractivity contribution in [3.05, 3.63) is 71.0 Å². The molecule has 0 fully saturated rings. The highest BCUT2D eigenvalue weighted by atomic mass is 16.2. The van der Waals surface area contributed by atoms with Gasteiger partial charge in [0.1, 0.15) is 12.4 Å². The first kappa shape index (κ1) is 17.9. The molecule has 0 saturated carbocycles. The molecule has 28 heavy (non-hydrogen) atoms. The number of amides is 1. The number of para-hydroxylation sites is 3. The fraction of sp³-hybridized carbons (Fsp3) is 0.238. The molecule has 1 unspecified atom stereocenters. The van der Waals surface area contributed by atoms with Crippen molar-refractivity contribution in [1.29, 1.82) is 0 Å². The molecule has 0 spiro atoms. The van der Waals surface area contributed by atoms with Gasteiger partial charge < -0.3 is 10.3 Å². The van der Waals surface area contributed by atoms with E-state index < -0.39 is 0 Å². The number of fused-ring (bicyclic) bond motifs is 2. The number of hydrogen-bond donors (Lipinski definition) is 2. The topological polar surface area (TPSA) is 92.7 Å². The maximum Gasteiger partial charge on any atom is 0.261 e. The van der Waals surface area contributed by atoms with Gasteiger partial charge >= 0.3 is 0 Å². The van der Waals surface area contributed by atoms with Gasteiger partial charge in [-0.1, -0.05) is 38.1 Å². The Kier molecular flexibility index (Phi) is 4.65. The number of H-pyrrole nitrogens is 1. The van der Waals surface area contributed by atoms with Crippen LogP contribution in [0.25, 0.3) is 21.9 Å². The Morgan fingerprint density at radius 3 is 2.57 bits per heavy atom. The quantitative estimate of drug-likeness (QED) is 0.561. The van der Waals surface area contributed by atoms with Crippen molar-refractivity contribution in [2.24, 2.45) is 5.92 Å². The van der Waals surface area contributed by atoms with Gasteiger partial charge in [0, 0.05) is 0 Å². The van der Waals surface area contributed by atoms with Gasteiger partial charge in [-0.25, -0.2) is 9.97 Å². The summed E-state index contributed by atoms with van der Waals surface area (Å²) in [5.41, 5.74) is 2.16. The van der Waals surface area contributed by atoms with Gasteiger partial charge in [-0.2, -0.15) is 0 Å². The maximum absolute atomic E-state index is 12.7. The van der Waals surface area contributed by atoms with Crippen molar-refractivity contribution in [2.45, 2.75) is 26.4 Å². The third-order valence-electron chi connectivity index (χ3n) is 4.73. The molecule has 2 N–H and O–H groups in total. The van der Waals surface area contributed by atoms with E-state index in [1.807, 2.05) is 44.2 Å². The summed E-state index contributed by atoms with van der Waals surface area (Å²) in [6.45, 7) is 3.93. The molecule has 1 atom stereocenters. The van der Waals surface area contributed by atoms with Crippen LogP contribution in [-0.2, 0) is 11.3 Å². The van der Waals surface area contributed by atoms with Crippen LogP contribution in [0.4, 0.5) is 0 Å². The minimum atomic E-state index is -0.288. The van der Waals surface area contributed by atoms with E-state index in [1.165, 1.54) is 10.9 Å². The number of hydrogen-bond acceptors (Lipinski definition) is 4. The Morgan fingerprint density at radius 1 is 1.11 bits per heavy atom. The van der Waals surface area contributed by atoms with Crippen LogP contribution in [0.2, 0.25) is 0 Å². The number of carbonyl (C=O) groups excluding carboxylic acids is 1. The van der Waals surface area contributed by atoms with E-state index in [4.69, 9.17) is 0 Å². The predicted octanol–water partition coefficient (Wildman–Crippen LogP) is 2.79. The van der Waals surface area contributed by atoms with Gasteiger partial charge in [0.15, 0.2) is 0 Å². The molecule has 1 amide bonds. The van der Waals surface area contributed by atoms with Crippen molar-refractivity contribution in [3.8, 4) is 0 Å². The van der Waals surface area contributed by atoms with Gasteiger partial charge in [0.2, 0.25) is 5.91 Å². The Labute approximate surface area is 161 Å². The minimum Gasteiger partial charge on any atom is -0.344 e. The molecule has 142 valence electrons. The second kappa shape index (κ2) is 7.26. The van der Waals surface area contributed by atoms with E-state index in [1.54, 1.807) is 18.2 Å². The van der Waals surface area contributed by atoms with Crippen LogP contribution in [-0.4, -0.2) is 25.4 Å². The fourth-order valence-electron chi connectivity index (χ4n) is 3.26. The monoisotopic (exact) mass is 375 g/mol. The smallest absolute Gasteiger partial charge is 0.261 e. The highest BCUT2D eigenvalue weighted by Gasteiger charge is 2.22. The molecule has 7 heteroatoms. The first-order chi connectivity index (χ1) is 13.5. The van der Waals surface area contributed by atoms with Crippen LogP contribution >= 0.6 is 0 Å². The molecule has 7 nitrogen and oxygen atoms in total. The molecule has 0 radical (unpaired) electrons. The maximum atomic E-state index is 12.7. The van der Waals surface area contributed by atoms with E-state index in [-0.39, 0.29) is 30.0 Å². The summed E-state index contributed by atoms with van der Waals surface area (Å²) < 4.78 is 1.33. The standard InChI is InChI=1S/C21H21N5O2/c1-13(2)19(20-23-16-9-5-6-10-17(16)24-20)25-18(27)11-26-12-22-15-8-4-3-7-14(15)21(26)28/h3-10,12-13,19H,11H2,1-2H3,(H,23,24)(H,25,27). The third-order valence-corrected chi connectivity index (χ3v) is 4.73. The van der Waals surface area contributed by atoms with Crippen LogP contribution in [0.3, 0.4) is 0 Å². The molecule has 0 aliphatic carbocycles. The van der Waals surface area contributed by atoms with Crippen LogP contribution < -0.4 is 10.9 Å². The van der Waals surface area contributed by atoms with Crippen LogP contribution in [0.5, 0.6) is 0 Å². The number of rotatable bonds is 5. The van der Waals surface area contributed by atoms with Crippen LogP contribution in [0, 0.1) is 5.92 Å². The highest BCUT2D eigenvalue weighted by Crippen LogP contribution is 2.22. The molecular weight excluding hydrogens is 354 g/mol. The number of benzene rings is 2. The van der Waals surface area contributed by atoms with E-state index in [0.29, 0.717) is 16.7 Å². The lowest BCUT2D eigenvalue weighted by molar-refractivity contribution is -0.122. The van der Waals surface area contributed by atoms with Crippen molar-refractivity contribution in [1.82, 2.24) is 24.8 Å². The largest absolute Gasteiger partial charge is 0.344 e. The molecule has 2 heterocycles. The predicted molar refractivity (Wildman–Crippen MR) is 108 cm³/mol. The number of nitrogens with zero attached hydrogens (tertiary/aromatic N) is 3. The Bertz CT molecular complexity index is 1180. The Hall–Kier alpha value is -3.48. The summed E-state index contributed by atoms with van der Waals surface area (Å²) in [6.07, 6.45) is 1.41. The van der Waals surface area contributed by atoms with Crippen molar-refractivity contribution in [2.75, 3.05) is 0 Å². The van der Waals surface area contributed by atoms with E-state index in [2.05, 4.69) is 20.3 Å². The Balaban J connectivity index is 1.57. The highest BCUT2D eigenvalue weighted by molar-refractivity contribution is 5.79. The lowest BCUT2D eigenvalue weighted by atomic mass is 10.0. The summed E-state index contributed by atoms with van der Waals surface area (Å²) in [4.78, 5) is 37.4. The zero-order valence-corrected chi connectivity index (χ0v) is 15.7. The molecule has 4 aromatic rings. The second-order valence-corrected chi connectivity index (χ2v) is 7.12. The number of imidazole rings is 1. The van der Waals surface area contributed by atoms with Gasteiger partial charge in [-0.05, 0) is 30.2 Å². The molecule has 2 aromatic heterocycles. The molecule has 0 bridgehead atoms. The van der Waals surface area contributed by atoms with Gasteiger partial charge in [-0.3, -0.25) is 14.2 Å². The van der Waals surface area contributed by atoms with Crippen molar-refractivity contribution < 1.29 is 4.79 Å². The first-order valence-electron chi connectivity index (χ1n) is 9.21. The lowest BCUT2D eigenvalue weighted by Crippen LogP contribution is -2.37. The van der Waals surface area contributed by atoms with Gasteiger partial charge in [0.05, 0.1) is 34.3 Å². The second-order valence-electron chi connectivity index (χ2n) is 7.12. The summed E-state index contributed by atoms with van der Waals surface area (Å²) >= 11 is 0. The fourth-order valence-corrected chi connectivity index (χ4v) is 3.26. The number of aromatic amines is 1. The summed E-state index contributed by atoms with van der Waals surface area (Å²) in [5.74, 6) is 0.558. The number of nitrogens with one attached hydrogen (secondary N) is 2. The molecule has 0 aliphatic rings. The minimum absolute atomic E-state index is 0.0971. The van der Waals surface area contributed by atoms with Gasteiger partial charge in [-0.15, -0.1) is 0 Å². The van der Waals surface area contributed by atoms with Crippen LogP contribution in [0.1, 0.15) is 25.7 Å². The van der Waals surface area contributed by atoms with Crippen molar-refractivity contribution in [3.63, 3.8) is 0 Å². The average Bonchev–Trinajstić information content (AvgIpc) is 3.12. The normalized spacial score (nSPS) is 12.5. The zero-order chi connectivity index (χ0) is 19.7. The Morgan fingerprint density at radius 2 is 1.82 bits per heavy atom. The van der Waals surface area contributed by atoms with E-state index in [9.17, 15) is 9.59 Å². The first-order valence-corrected chi connectivity index (χ1v) is 9.21. The molecule has 0 saturated heterocycles. The van der Waals surface area contributed by atoms with E-state index >= 15 is 0 Å². The van der Waals surface area contributed by atoms with Crippen molar-refractivity contribution >= 4 is 27.8 Å². The summed E-state index contributed by atoms with van der Waals surface area (Å²) in [5, 5.41) is 3.49. The molecule has 4 rings (SSSR count). The summed E-state index contributed by atoms with van der Waals surface area (Å²) in [6, 6.07) is 14.5. The molecule has 0 aliphatic heterocycles. The molecule has 2 aromatic carbocycles. The van der Waals surface area contributed by atoms with E-state index in [0.717, 1.165) is 11.0 Å². The lowest BCUT2D eigenvalue weighted by Gasteiger charge is -2.20. The number of carbonyl (C=O) groups is 1. The average molecular weight is 375 g/mol. The SMILES string of the molecule is CC(C)C(NC(=O)Cn1cnc2ccccc2c1=O)c1nc2ccccc2[nH]1. The summed E-state index contributed by atoms with van der Waals surface area (Å²) in [7, 11) is 0.